The largest absolute Gasteiger partial charge is 0.354 e. The van der Waals surface area contributed by atoms with Crippen LogP contribution in [-0.2, 0) is 0 Å². The van der Waals surface area contributed by atoms with Crippen molar-refractivity contribution in [3.8, 4) is 6.07 Å². The Morgan fingerprint density at radius 2 is 2.05 bits per heavy atom. The molecule has 0 atom stereocenters. The number of nitro benzene ring substituents is 1. The molecule has 0 saturated carbocycles. The highest BCUT2D eigenvalue weighted by Crippen LogP contribution is 2.29. The number of nitriles is 1. The number of rotatable bonds is 3. The first-order valence-corrected chi connectivity index (χ1v) is 6.11. The van der Waals surface area contributed by atoms with Gasteiger partial charge in [-0.2, -0.15) is 5.26 Å². The quantitative estimate of drug-likeness (QED) is 0.678. The van der Waals surface area contributed by atoms with Crippen LogP contribution in [0.25, 0.3) is 0 Å². The van der Waals surface area contributed by atoms with Gasteiger partial charge in [-0.05, 0) is 30.7 Å². The van der Waals surface area contributed by atoms with E-state index in [1.165, 1.54) is 18.2 Å². The summed E-state index contributed by atoms with van der Waals surface area (Å²) in [5.74, 6) is 0. The molecule has 2 aromatic rings. The standard InChI is InChI=1S/C14H10ClN3O2/c1-9-12(15)3-2-4-13(9)17-14-6-5-11(18(19)20)7-10(14)8-16/h2-7,17H,1H3. The Morgan fingerprint density at radius 3 is 2.70 bits per heavy atom. The van der Waals surface area contributed by atoms with E-state index in [1.807, 2.05) is 19.1 Å². The summed E-state index contributed by atoms with van der Waals surface area (Å²) >= 11 is 6.03. The first kappa shape index (κ1) is 13.8. The van der Waals surface area contributed by atoms with Crippen LogP contribution in [0.3, 0.4) is 0 Å². The number of nitrogens with zero attached hydrogens (tertiary/aromatic N) is 2. The van der Waals surface area contributed by atoms with Crippen molar-refractivity contribution in [3.05, 3.63) is 62.7 Å². The molecule has 0 aliphatic carbocycles. The third kappa shape index (κ3) is 2.71. The highest BCUT2D eigenvalue weighted by atomic mass is 35.5. The van der Waals surface area contributed by atoms with Gasteiger partial charge in [0.1, 0.15) is 6.07 Å². The van der Waals surface area contributed by atoms with E-state index in [9.17, 15) is 10.1 Å². The van der Waals surface area contributed by atoms with Gasteiger partial charge in [0, 0.05) is 22.8 Å². The zero-order valence-electron chi connectivity index (χ0n) is 10.6. The molecule has 0 radical (unpaired) electrons. The van der Waals surface area contributed by atoms with Crippen LogP contribution in [0.5, 0.6) is 0 Å². The molecule has 0 aliphatic rings. The van der Waals surface area contributed by atoms with Crippen LogP contribution in [0.4, 0.5) is 17.1 Å². The molecule has 0 heterocycles. The molecule has 0 spiro atoms. The fraction of sp³-hybridized carbons (Fsp3) is 0.0714. The first-order chi connectivity index (χ1) is 9.52. The second-order valence-corrected chi connectivity index (χ2v) is 4.54. The number of nitro groups is 1. The maximum atomic E-state index is 10.7. The zero-order valence-corrected chi connectivity index (χ0v) is 11.3. The molecular weight excluding hydrogens is 278 g/mol. The van der Waals surface area contributed by atoms with Crippen LogP contribution < -0.4 is 5.32 Å². The molecule has 0 aliphatic heterocycles. The molecule has 20 heavy (non-hydrogen) atoms. The van der Waals surface area contributed by atoms with E-state index in [4.69, 9.17) is 16.9 Å². The van der Waals surface area contributed by atoms with Crippen molar-refractivity contribution >= 4 is 28.7 Å². The molecule has 0 bridgehead atoms. The summed E-state index contributed by atoms with van der Waals surface area (Å²) in [5.41, 5.74) is 2.19. The molecule has 0 amide bonds. The molecule has 2 aromatic carbocycles. The molecule has 5 nitrogen and oxygen atoms in total. The maximum absolute atomic E-state index is 10.7. The smallest absolute Gasteiger partial charge is 0.270 e. The Balaban J connectivity index is 2.42. The van der Waals surface area contributed by atoms with Crippen molar-refractivity contribution in [1.29, 1.82) is 5.26 Å². The summed E-state index contributed by atoms with van der Waals surface area (Å²) in [6.07, 6.45) is 0. The van der Waals surface area contributed by atoms with Gasteiger partial charge in [-0.1, -0.05) is 17.7 Å². The van der Waals surface area contributed by atoms with Crippen LogP contribution in [0, 0.1) is 28.4 Å². The molecule has 0 saturated heterocycles. The van der Waals surface area contributed by atoms with Crippen molar-refractivity contribution in [2.24, 2.45) is 0 Å². The molecule has 1 N–H and O–H groups in total. The van der Waals surface area contributed by atoms with Gasteiger partial charge in [0.2, 0.25) is 0 Å². The minimum Gasteiger partial charge on any atom is -0.354 e. The van der Waals surface area contributed by atoms with Crippen LogP contribution in [-0.4, -0.2) is 4.92 Å². The summed E-state index contributed by atoms with van der Waals surface area (Å²) < 4.78 is 0. The number of benzene rings is 2. The molecule has 0 unspecified atom stereocenters. The van der Waals surface area contributed by atoms with E-state index in [2.05, 4.69) is 5.32 Å². The minimum absolute atomic E-state index is 0.116. The molecule has 0 aromatic heterocycles. The number of nitrogens with one attached hydrogen (secondary N) is 1. The predicted molar refractivity (Wildman–Crippen MR) is 77.3 cm³/mol. The van der Waals surface area contributed by atoms with Crippen LogP contribution in [0.15, 0.2) is 36.4 Å². The van der Waals surface area contributed by atoms with Crippen LogP contribution in [0.2, 0.25) is 5.02 Å². The van der Waals surface area contributed by atoms with Gasteiger partial charge in [0.15, 0.2) is 0 Å². The third-order valence-electron chi connectivity index (χ3n) is 2.87. The van der Waals surface area contributed by atoms with Gasteiger partial charge >= 0.3 is 0 Å². The van der Waals surface area contributed by atoms with Crippen LogP contribution in [0.1, 0.15) is 11.1 Å². The summed E-state index contributed by atoms with van der Waals surface area (Å²) in [7, 11) is 0. The molecule has 100 valence electrons. The average Bonchev–Trinajstić information content (AvgIpc) is 2.44. The lowest BCUT2D eigenvalue weighted by Gasteiger charge is -2.11. The van der Waals surface area contributed by atoms with Crippen molar-refractivity contribution in [2.45, 2.75) is 6.92 Å². The number of hydrogen-bond donors (Lipinski definition) is 1. The minimum atomic E-state index is -0.532. The third-order valence-corrected chi connectivity index (χ3v) is 3.28. The number of halogens is 1. The van der Waals surface area contributed by atoms with E-state index in [-0.39, 0.29) is 11.3 Å². The Labute approximate surface area is 120 Å². The van der Waals surface area contributed by atoms with E-state index in [0.29, 0.717) is 10.7 Å². The van der Waals surface area contributed by atoms with Gasteiger partial charge in [-0.25, -0.2) is 0 Å². The lowest BCUT2D eigenvalue weighted by atomic mass is 10.1. The summed E-state index contributed by atoms with van der Waals surface area (Å²) in [5, 5.41) is 23.5. The predicted octanol–water partition coefficient (Wildman–Crippen LogP) is 4.17. The van der Waals surface area contributed by atoms with Gasteiger partial charge in [0.25, 0.3) is 5.69 Å². The average molecular weight is 288 g/mol. The summed E-state index contributed by atoms with van der Waals surface area (Å²) in [6.45, 7) is 1.85. The fourth-order valence-corrected chi connectivity index (χ4v) is 1.91. The lowest BCUT2D eigenvalue weighted by Crippen LogP contribution is -1.97. The topological polar surface area (TPSA) is 79.0 Å². The number of hydrogen-bond acceptors (Lipinski definition) is 4. The number of non-ortho nitro benzene ring substituents is 1. The van der Waals surface area contributed by atoms with E-state index in [0.717, 1.165) is 11.3 Å². The summed E-state index contributed by atoms with van der Waals surface area (Å²) in [6, 6.07) is 11.4. The number of anilines is 2. The SMILES string of the molecule is Cc1c(Cl)cccc1Nc1ccc([N+](=O)[O-])cc1C#N. The van der Waals surface area contributed by atoms with Crippen molar-refractivity contribution in [2.75, 3.05) is 5.32 Å². The Hall–Kier alpha value is -2.58. The van der Waals surface area contributed by atoms with Gasteiger partial charge in [-0.3, -0.25) is 10.1 Å². The lowest BCUT2D eigenvalue weighted by molar-refractivity contribution is -0.384. The van der Waals surface area contributed by atoms with Gasteiger partial charge in [0.05, 0.1) is 16.2 Å². The Morgan fingerprint density at radius 1 is 1.30 bits per heavy atom. The van der Waals surface area contributed by atoms with E-state index < -0.39 is 4.92 Å². The second-order valence-electron chi connectivity index (χ2n) is 4.14. The van der Waals surface area contributed by atoms with Crippen molar-refractivity contribution < 1.29 is 4.92 Å². The van der Waals surface area contributed by atoms with Crippen LogP contribution >= 0.6 is 11.6 Å². The zero-order chi connectivity index (χ0) is 14.7. The second kappa shape index (κ2) is 5.59. The van der Waals surface area contributed by atoms with Crippen molar-refractivity contribution in [3.63, 3.8) is 0 Å². The summed E-state index contributed by atoms with van der Waals surface area (Å²) in [4.78, 5) is 10.2. The Bertz CT molecular complexity index is 723. The fourth-order valence-electron chi connectivity index (χ4n) is 1.74. The molecule has 2 rings (SSSR count). The first-order valence-electron chi connectivity index (χ1n) is 5.73. The maximum Gasteiger partial charge on any atom is 0.270 e. The highest BCUT2D eigenvalue weighted by Gasteiger charge is 2.11. The van der Waals surface area contributed by atoms with E-state index in [1.54, 1.807) is 12.1 Å². The van der Waals surface area contributed by atoms with Crippen molar-refractivity contribution in [1.82, 2.24) is 0 Å². The molecule has 6 heteroatoms. The molecular formula is C14H10ClN3O2. The monoisotopic (exact) mass is 287 g/mol. The highest BCUT2D eigenvalue weighted by molar-refractivity contribution is 6.31. The normalized spacial score (nSPS) is 9.85. The molecule has 0 fully saturated rings. The Kier molecular flexibility index (Phi) is 3.87. The van der Waals surface area contributed by atoms with Gasteiger partial charge < -0.3 is 5.32 Å². The van der Waals surface area contributed by atoms with E-state index >= 15 is 0 Å². The van der Waals surface area contributed by atoms with Gasteiger partial charge in [-0.15, -0.1) is 0 Å².